The van der Waals surface area contributed by atoms with E-state index < -0.39 is 11.3 Å². The number of halogens is 1. The van der Waals surface area contributed by atoms with Crippen molar-refractivity contribution in [3.05, 3.63) is 82.0 Å². The van der Waals surface area contributed by atoms with Crippen LogP contribution in [0.2, 0.25) is 0 Å². The zero-order valence-corrected chi connectivity index (χ0v) is 25.3. The molecule has 1 atom stereocenters. The molecule has 2 aromatic heterocycles. The molecule has 8 nitrogen and oxygen atoms in total. The number of benzene rings is 2. The van der Waals surface area contributed by atoms with Crippen LogP contribution in [0, 0.1) is 12.7 Å². The SMILES string of the molecule is Cc1cc2c(N3CCN(C(=O)OC(C)(C)C)C[C@@H]3C)nc(=O)n(-c3ccccc3C(C)C)c2nc1-c1ccccc1F. The van der Waals surface area contributed by atoms with Crippen molar-refractivity contribution in [1.29, 1.82) is 0 Å². The van der Waals surface area contributed by atoms with Gasteiger partial charge in [0.05, 0.1) is 16.8 Å². The van der Waals surface area contributed by atoms with Gasteiger partial charge in [0.2, 0.25) is 0 Å². The first kappa shape index (κ1) is 29.2. The maximum absolute atomic E-state index is 15.0. The topological polar surface area (TPSA) is 80.6 Å². The van der Waals surface area contributed by atoms with Gasteiger partial charge in [0, 0.05) is 31.2 Å². The van der Waals surface area contributed by atoms with E-state index in [1.807, 2.05) is 69.9 Å². The number of para-hydroxylation sites is 1. The second-order valence-electron chi connectivity index (χ2n) is 12.2. The first-order valence-corrected chi connectivity index (χ1v) is 14.4. The van der Waals surface area contributed by atoms with Crippen LogP contribution in [0.25, 0.3) is 28.0 Å². The average molecular weight is 572 g/mol. The van der Waals surface area contributed by atoms with Gasteiger partial charge >= 0.3 is 11.8 Å². The highest BCUT2D eigenvalue weighted by atomic mass is 19.1. The summed E-state index contributed by atoms with van der Waals surface area (Å²) in [4.78, 5) is 40.1. The number of fused-ring (bicyclic) bond motifs is 1. The van der Waals surface area contributed by atoms with Gasteiger partial charge in [-0.2, -0.15) is 4.98 Å². The zero-order valence-electron chi connectivity index (χ0n) is 25.3. The molecule has 0 bridgehead atoms. The zero-order chi connectivity index (χ0) is 30.3. The molecule has 1 fully saturated rings. The highest BCUT2D eigenvalue weighted by molar-refractivity contribution is 5.91. The van der Waals surface area contributed by atoms with Crippen LogP contribution in [0.15, 0.2) is 59.4 Å². The standard InChI is InChI=1S/C33H38FN5O3/c1-20(2)23-12-9-11-15-27(23)39-30-25(18-21(3)28(35-30)24-13-8-10-14-26(24)34)29(36-31(39)40)38-17-16-37(19-22(38)4)32(41)42-33(5,6)7/h8-15,18,20,22H,16-17,19H2,1-7H3/t22-/m0/s1. The molecule has 0 spiro atoms. The molecule has 1 aliphatic heterocycles. The Kier molecular flexibility index (Phi) is 7.79. The van der Waals surface area contributed by atoms with Crippen LogP contribution in [0.5, 0.6) is 0 Å². The van der Waals surface area contributed by atoms with Crippen molar-refractivity contribution in [2.75, 3.05) is 24.5 Å². The minimum atomic E-state index is -0.592. The fraction of sp³-hybridized carbons (Fsp3) is 0.394. The smallest absolute Gasteiger partial charge is 0.410 e. The summed E-state index contributed by atoms with van der Waals surface area (Å²) in [5, 5.41) is 0.684. The van der Waals surface area contributed by atoms with E-state index >= 15 is 0 Å². The Morgan fingerprint density at radius 3 is 2.40 bits per heavy atom. The summed E-state index contributed by atoms with van der Waals surface area (Å²) in [5.74, 6) is 0.255. The fourth-order valence-electron chi connectivity index (χ4n) is 5.54. The molecule has 0 N–H and O–H groups in total. The van der Waals surface area contributed by atoms with Crippen LogP contribution in [0.3, 0.4) is 0 Å². The molecule has 5 rings (SSSR count). The summed E-state index contributed by atoms with van der Waals surface area (Å²) >= 11 is 0. The van der Waals surface area contributed by atoms with E-state index in [-0.39, 0.29) is 23.9 Å². The largest absolute Gasteiger partial charge is 0.444 e. The number of piperazine rings is 1. The lowest BCUT2D eigenvalue weighted by Gasteiger charge is -2.41. The molecule has 220 valence electrons. The van der Waals surface area contributed by atoms with Gasteiger partial charge in [-0.15, -0.1) is 0 Å². The molecule has 42 heavy (non-hydrogen) atoms. The number of hydrogen-bond donors (Lipinski definition) is 0. The number of carbonyl (C=O) groups is 1. The van der Waals surface area contributed by atoms with E-state index in [1.165, 1.54) is 6.07 Å². The van der Waals surface area contributed by atoms with Gasteiger partial charge in [0.25, 0.3) is 0 Å². The van der Waals surface area contributed by atoms with Crippen molar-refractivity contribution < 1.29 is 13.9 Å². The number of aryl methyl sites for hydroxylation is 1. The summed E-state index contributed by atoms with van der Waals surface area (Å²) in [7, 11) is 0. The number of rotatable bonds is 4. The molecule has 0 saturated carbocycles. The third-order valence-corrected chi connectivity index (χ3v) is 7.52. The predicted molar refractivity (Wildman–Crippen MR) is 164 cm³/mol. The molecule has 0 aliphatic carbocycles. The van der Waals surface area contributed by atoms with Crippen LogP contribution in [-0.4, -0.2) is 56.8 Å². The Balaban J connectivity index is 1.69. The van der Waals surface area contributed by atoms with Crippen molar-refractivity contribution in [3.63, 3.8) is 0 Å². The lowest BCUT2D eigenvalue weighted by atomic mass is 10.0. The normalized spacial score (nSPS) is 15.9. The van der Waals surface area contributed by atoms with Crippen molar-refractivity contribution in [3.8, 4) is 16.9 Å². The maximum Gasteiger partial charge on any atom is 0.410 e. The molecule has 4 aromatic rings. The van der Waals surface area contributed by atoms with E-state index in [0.717, 1.165) is 11.1 Å². The molecule has 3 heterocycles. The van der Waals surface area contributed by atoms with E-state index in [0.29, 0.717) is 53.4 Å². The molecule has 1 aliphatic rings. The molecule has 1 saturated heterocycles. The van der Waals surface area contributed by atoms with Gasteiger partial charge < -0.3 is 14.5 Å². The summed E-state index contributed by atoms with van der Waals surface area (Å²) < 4.78 is 22.1. The molecule has 0 unspecified atom stereocenters. The minimum absolute atomic E-state index is 0.139. The summed E-state index contributed by atoms with van der Waals surface area (Å²) in [5.41, 5.74) is 2.61. The molecule has 2 aromatic carbocycles. The van der Waals surface area contributed by atoms with E-state index in [9.17, 15) is 14.0 Å². The van der Waals surface area contributed by atoms with Gasteiger partial charge in [0.15, 0.2) is 5.65 Å². The van der Waals surface area contributed by atoms with Crippen LogP contribution < -0.4 is 10.6 Å². The summed E-state index contributed by atoms with van der Waals surface area (Å²) in [6, 6.07) is 16.0. The number of nitrogens with zero attached hydrogens (tertiary/aromatic N) is 5. The van der Waals surface area contributed by atoms with Gasteiger partial charge in [-0.3, -0.25) is 0 Å². The first-order chi connectivity index (χ1) is 19.9. The van der Waals surface area contributed by atoms with Crippen LogP contribution in [-0.2, 0) is 4.74 Å². The molecule has 0 radical (unpaired) electrons. The van der Waals surface area contributed by atoms with Crippen LogP contribution >= 0.6 is 0 Å². The number of amides is 1. The predicted octanol–water partition coefficient (Wildman–Crippen LogP) is 6.46. The average Bonchev–Trinajstić information content (AvgIpc) is 2.92. The third kappa shape index (κ3) is 5.60. The number of pyridine rings is 1. The van der Waals surface area contributed by atoms with Gasteiger partial charge in [-0.25, -0.2) is 23.5 Å². The van der Waals surface area contributed by atoms with E-state index in [1.54, 1.807) is 27.7 Å². The summed E-state index contributed by atoms with van der Waals surface area (Å²) in [6.07, 6.45) is -0.362. The first-order valence-electron chi connectivity index (χ1n) is 14.4. The quantitative estimate of drug-likeness (QED) is 0.280. The Morgan fingerprint density at radius 1 is 1.05 bits per heavy atom. The number of hydrogen-bond acceptors (Lipinski definition) is 6. The molecular weight excluding hydrogens is 533 g/mol. The summed E-state index contributed by atoms with van der Waals surface area (Å²) in [6.45, 7) is 14.9. The number of aromatic nitrogens is 3. The monoisotopic (exact) mass is 571 g/mol. The Hall–Kier alpha value is -4.27. The second kappa shape index (κ2) is 11.2. The van der Waals surface area contributed by atoms with Gasteiger partial charge in [-0.1, -0.05) is 44.2 Å². The number of ether oxygens (including phenoxy) is 1. The van der Waals surface area contributed by atoms with Crippen LogP contribution in [0.1, 0.15) is 58.6 Å². The minimum Gasteiger partial charge on any atom is -0.444 e. The molecule has 9 heteroatoms. The van der Waals surface area contributed by atoms with Crippen molar-refractivity contribution in [2.45, 2.75) is 66.0 Å². The second-order valence-corrected chi connectivity index (χ2v) is 12.2. The van der Waals surface area contributed by atoms with Crippen molar-refractivity contribution in [2.24, 2.45) is 0 Å². The Bertz CT molecular complexity index is 1710. The van der Waals surface area contributed by atoms with Crippen LogP contribution in [0.4, 0.5) is 15.0 Å². The van der Waals surface area contributed by atoms with Gasteiger partial charge in [-0.05, 0) is 75.9 Å². The Morgan fingerprint density at radius 2 is 1.74 bits per heavy atom. The lowest BCUT2D eigenvalue weighted by molar-refractivity contribution is 0.0218. The maximum atomic E-state index is 15.0. The number of anilines is 1. The number of carbonyl (C=O) groups excluding carboxylic acids is 1. The van der Waals surface area contributed by atoms with Gasteiger partial charge in [0.1, 0.15) is 17.2 Å². The lowest BCUT2D eigenvalue weighted by Crippen LogP contribution is -2.55. The van der Waals surface area contributed by atoms with E-state index in [4.69, 9.17) is 9.72 Å². The van der Waals surface area contributed by atoms with Crippen molar-refractivity contribution in [1.82, 2.24) is 19.4 Å². The fourth-order valence-corrected chi connectivity index (χ4v) is 5.54. The highest BCUT2D eigenvalue weighted by Crippen LogP contribution is 2.34. The molecular formula is C33H38FN5O3. The molecule has 1 amide bonds. The van der Waals surface area contributed by atoms with Crippen molar-refractivity contribution >= 4 is 22.9 Å². The highest BCUT2D eigenvalue weighted by Gasteiger charge is 2.32. The Labute approximate surface area is 245 Å². The third-order valence-electron chi connectivity index (χ3n) is 7.52. The van der Waals surface area contributed by atoms with E-state index in [2.05, 4.69) is 18.8 Å².